The summed E-state index contributed by atoms with van der Waals surface area (Å²) in [5.74, 6) is 0.198. The molecule has 0 amide bonds. The molecular weight excluding hydrogens is 180 g/mol. The lowest BCUT2D eigenvalue weighted by Gasteiger charge is -1.99. The van der Waals surface area contributed by atoms with E-state index in [1.54, 1.807) is 0 Å². The fourth-order valence-corrected chi connectivity index (χ4v) is 1.07. The topological polar surface area (TPSA) is 43.4 Å². The van der Waals surface area contributed by atoms with Crippen LogP contribution in [0.1, 0.15) is 32.6 Å². The van der Waals surface area contributed by atoms with Gasteiger partial charge in [-0.15, -0.1) is 0 Å². The van der Waals surface area contributed by atoms with Crippen LogP contribution >= 0.6 is 0 Å². The highest BCUT2D eigenvalue weighted by atomic mass is 16.5. The third-order valence-electron chi connectivity index (χ3n) is 1.97. The Morgan fingerprint density at radius 3 is 2.71 bits per heavy atom. The lowest BCUT2D eigenvalue weighted by molar-refractivity contribution is -0.145. The Morgan fingerprint density at radius 2 is 2.14 bits per heavy atom. The third-order valence-corrected chi connectivity index (χ3v) is 1.97. The molecule has 0 aromatic heterocycles. The molecule has 0 saturated heterocycles. The fraction of sp³-hybridized carbons (Fsp3) is 0.636. The Bertz CT molecular complexity index is 239. The summed E-state index contributed by atoms with van der Waals surface area (Å²) < 4.78 is 4.84. The summed E-state index contributed by atoms with van der Waals surface area (Å²) >= 11 is 0. The van der Waals surface area contributed by atoms with Gasteiger partial charge in [0.1, 0.15) is 12.2 Å². The molecule has 3 nitrogen and oxygen atoms in total. The molecule has 0 unspecified atom stereocenters. The second-order valence-electron chi connectivity index (χ2n) is 3.65. The van der Waals surface area contributed by atoms with E-state index in [1.807, 2.05) is 6.08 Å². The zero-order valence-corrected chi connectivity index (χ0v) is 8.49. The van der Waals surface area contributed by atoms with E-state index in [4.69, 9.17) is 4.74 Å². The summed E-state index contributed by atoms with van der Waals surface area (Å²) in [4.78, 5) is 21.4. The van der Waals surface area contributed by atoms with Crippen molar-refractivity contribution in [3.05, 3.63) is 12.2 Å². The minimum Gasteiger partial charge on any atom is -0.465 e. The summed E-state index contributed by atoms with van der Waals surface area (Å²) in [5, 5.41) is 0. The molecule has 0 aromatic carbocycles. The molecule has 0 aromatic rings. The summed E-state index contributed by atoms with van der Waals surface area (Å²) in [6.45, 7) is 1.77. The first-order valence-corrected chi connectivity index (χ1v) is 5.00. The molecule has 0 atom stereocenters. The van der Waals surface area contributed by atoms with Crippen molar-refractivity contribution in [1.29, 1.82) is 0 Å². The Morgan fingerprint density at radius 1 is 1.43 bits per heavy atom. The highest BCUT2D eigenvalue weighted by Gasteiger charge is 2.16. The molecule has 1 aliphatic rings. The van der Waals surface area contributed by atoms with E-state index in [2.05, 4.69) is 6.08 Å². The van der Waals surface area contributed by atoms with Crippen molar-refractivity contribution >= 4 is 11.8 Å². The number of allylic oxidation sites excluding steroid dienone is 1. The summed E-state index contributed by atoms with van der Waals surface area (Å²) in [6, 6.07) is 0. The van der Waals surface area contributed by atoms with Gasteiger partial charge in [-0.25, -0.2) is 0 Å². The number of hydrogen-bond acceptors (Lipinski definition) is 3. The maximum absolute atomic E-state index is 10.9. The van der Waals surface area contributed by atoms with Gasteiger partial charge in [-0.1, -0.05) is 12.2 Å². The molecule has 14 heavy (non-hydrogen) atoms. The van der Waals surface area contributed by atoms with E-state index in [1.165, 1.54) is 19.8 Å². The standard InChI is InChI=1S/C11H16O3/c1-9(12)8-11(13)14-7-3-2-4-10-5-6-10/h2,4,10H,3,5-8H2,1H3/b4-2+. The predicted octanol–water partition coefficient (Wildman–Crippen LogP) is 1.86. The van der Waals surface area contributed by atoms with Gasteiger partial charge in [0.15, 0.2) is 0 Å². The van der Waals surface area contributed by atoms with Crippen LogP contribution in [0.3, 0.4) is 0 Å². The van der Waals surface area contributed by atoms with Crippen LogP contribution in [0.25, 0.3) is 0 Å². The van der Waals surface area contributed by atoms with Crippen molar-refractivity contribution in [3.8, 4) is 0 Å². The molecule has 1 saturated carbocycles. The normalized spacial score (nSPS) is 15.8. The van der Waals surface area contributed by atoms with E-state index in [0.717, 1.165) is 12.3 Å². The molecule has 0 N–H and O–H groups in total. The van der Waals surface area contributed by atoms with Crippen molar-refractivity contribution in [3.63, 3.8) is 0 Å². The fourth-order valence-electron chi connectivity index (χ4n) is 1.07. The summed E-state index contributed by atoms with van der Waals surface area (Å²) in [6.07, 6.45) is 7.44. The van der Waals surface area contributed by atoms with Gasteiger partial charge >= 0.3 is 5.97 Å². The molecule has 0 aliphatic heterocycles. The van der Waals surface area contributed by atoms with Gasteiger partial charge in [-0.05, 0) is 32.1 Å². The highest BCUT2D eigenvalue weighted by molar-refractivity contribution is 5.94. The first kappa shape index (κ1) is 11.0. The highest BCUT2D eigenvalue weighted by Crippen LogP contribution is 2.30. The maximum atomic E-state index is 10.9. The lowest BCUT2D eigenvalue weighted by Crippen LogP contribution is -2.09. The molecular formula is C11H16O3. The average molecular weight is 196 g/mol. The number of hydrogen-bond donors (Lipinski definition) is 0. The van der Waals surface area contributed by atoms with E-state index in [9.17, 15) is 9.59 Å². The van der Waals surface area contributed by atoms with Crippen LogP contribution in [0.5, 0.6) is 0 Å². The van der Waals surface area contributed by atoms with Gasteiger partial charge in [0.05, 0.1) is 6.61 Å². The smallest absolute Gasteiger partial charge is 0.313 e. The molecule has 0 spiro atoms. The molecule has 0 bridgehead atoms. The van der Waals surface area contributed by atoms with Crippen LogP contribution in [0.4, 0.5) is 0 Å². The van der Waals surface area contributed by atoms with Gasteiger partial charge in [0.2, 0.25) is 0 Å². The molecule has 0 radical (unpaired) electrons. The zero-order chi connectivity index (χ0) is 10.4. The van der Waals surface area contributed by atoms with Crippen LogP contribution in [0.2, 0.25) is 0 Å². The van der Waals surface area contributed by atoms with Gasteiger partial charge < -0.3 is 4.74 Å². The molecule has 1 fully saturated rings. The number of esters is 1. The van der Waals surface area contributed by atoms with Gasteiger partial charge in [0, 0.05) is 0 Å². The Balaban J connectivity index is 1.96. The Kier molecular flexibility index (Phi) is 4.36. The Hall–Kier alpha value is -1.12. The lowest BCUT2D eigenvalue weighted by atomic mass is 10.3. The average Bonchev–Trinajstić information content (AvgIpc) is 2.86. The third kappa shape index (κ3) is 5.51. The van der Waals surface area contributed by atoms with E-state index in [-0.39, 0.29) is 12.2 Å². The zero-order valence-electron chi connectivity index (χ0n) is 8.49. The first-order chi connectivity index (χ1) is 6.68. The van der Waals surface area contributed by atoms with Gasteiger partial charge in [-0.3, -0.25) is 9.59 Å². The van der Waals surface area contributed by atoms with Crippen LogP contribution in [-0.2, 0) is 14.3 Å². The SMILES string of the molecule is CC(=O)CC(=O)OCC/C=C/C1CC1. The maximum Gasteiger partial charge on any atom is 0.313 e. The molecule has 78 valence electrons. The van der Waals surface area contributed by atoms with Crippen molar-refractivity contribution in [2.75, 3.05) is 6.61 Å². The summed E-state index contributed by atoms with van der Waals surface area (Å²) in [7, 11) is 0. The number of rotatable bonds is 6. The predicted molar refractivity (Wildman–Crippen MR) is 52.7 cm³/mol. The number of carbonyl (C=O) groups is 2. The van der Waals surface area contributed by atoms with Gasteiger partial charge in [0.25, 0.3) is 0 Å². The number of Topliss-reactive ketones (excluding diaryl/α,β-unsaturated/α-hetero) is 1. The molecule has 1 aliphatic carbocycles. The van der Waals surface area contributed by atoms with E-state index < -0.39 is 5.97 Å². The quantitative estimate of drug-likeness (QED) is 0.282. The minimum absolute atomic E-state index is 0.105. The summed E-state index contributed by atoms with van der Waals surface area (Å²) in [5.41, 5.74) is 0. The Labute approximate surface area is 84.1 Å². The van der Waals surface area contributed by atoms with Crippen LogP contribution in [0.15, 0.2) is 12.2 Å². The van der Waals surface area contributed by atoms with E-state index in [0.29, 0.717) is 6.61 Å². The minimum atomic E-state index is -0.419. The first-order valence-electron chi connectivity index (χ1n) is 5.00. The second-order valence-corrected chi connectivity index (χ2v) is 3.65. The monoisotopic (exact) mass is 196 g/mol. The molecule has 0 heterocycles. The number of ketones is 1. The number of ether oxygens (including phenoxy) is 1. The van der Waals surface area contributed by atoms with Crippen molar-refractivity contribution < 1.29 is 14.3 Å². The van der Waals surface area contributed by atoms with Crippen LogP contribution in [-0.4, -0.2) is 18.4 Å². The molecule has 3 heteroatoms. The molecule has 1 rings (SSSR count). The van der Waals surface area contributed by atoms with Crippen molar-refractivity contribution in [1.82, 2.24) is 0 Å². The van der Waals surface area contributed by atoms with Crippen LogP contribution in [0, 0.1) is 5.92 Å². The van der Waals surface area contributed by atoms with Crippen molar-refractivity contribution in [2.45, 2.75) is 32.6 Å². The van der Waals surface area contributed by atoms with Gasteiger partial charge in [-0.2, -0.15) is 0 Å². The largest absolute Gasteiger partial charge is 0.465 e. The van der Waals surface area contributed by atoms with Crippen molar-refractivity contribution in [2.24, 2.45) is 5.92 Å². The second kappa shape index (κ2) is 5.58. The van der Waals surface area contributed by atoms with Crippen LogP contribution < -0.4 is 0 Å². The van der Waals surface area contributed by atoms with E-state index >= 15 is 0 Å². The number of carbonyl (C=O) groups excluding carboxylic acids is 2.